The van der Waals surface area contributed by atoms with Crippen molar-refractivity contribution < 1.29 is 4.74 Å². The van der Waals surface area contributed by atoms with Gasteiger partial charge < -0.3 is 10.1 Å². The van der Waals surface area contributed by atoms with Crippen LogP contribution >= 0.6 is 34.8 Å². The number of hydrogen-bond donors (Lipinski definition) is 1. The maximum atomic E-state index is 6.22. The predicted octanol–water partition coefficient (Wildman–Crippen LogP) is 7.29. The Kier molecular flexibility index (Phi) is 9.63. The lowest BCUT2D eigenvalue weighted by molar-refractivity contribution is 0.302. The molecule has 0 atom stereocenters. The van der Waals surface area contributed by atoms with Crippen molar-refractivity contribution in [2.45, 2.75) is 52.2 Å². The molecule has 0 unspecified atom stereocenters. The van der Waals surface area contributed by atoms with Crippen LogP contribution in [0.2, 0.25) is 15.1 Å². The van der Waals surface area contributed by atoms with Gasteiger partial charge in [-0.15, -0.1) is 0 Å². The van der Waals surface area contributed by atoms with E-state index in [9.17, 15) is 0 Å². The third-order valence-corrected chi connectivity index (χ3v) is 5.17. The second-order valence-electron chi connectivity index (χ2n) is 6.33. The van der Waals surface area contributed by atoms with E-state index in [1.807, 2.05) is 36.4 Å². The minimum atomic E-state index is 0.324. The summed E-state index contributed by atoms with van der Waals surface area (Å²) in [5, 5.41) is 5.40. The van der Waals surface area contributed by atoms with Gasteiger partial charge in [-0.3, -0.25) is 0 Å². The highest BCUT2D eigenvalue weighted by Crippen LogP contribution is 2.28. The van der Waals surface area contributed by atoms with Gasteiger partial charge in [-0.25, -0.2) is 0 Å². The van der Waals surface area contributed by atoms with Crippen LogP contribution in [0.4, 0.5) is 0 Å². The van der Waals surface area contributed by atoms with E-state index < -0.39 is 0 Å². The van der Waals surface area contributed by atoms with E-state index in [1.165, 1.54) is 32.1 Å². The highest BCUT2D eigenvalue weighted by Gasteiger charge is 2.09. The Morgan fingerprint density at radius 3 is 2.38 bits per heavy atom. The maximum absolute atomic E-state index is 6.22. The highest BCUT2D eigenvalue weighted by molar-refractivity contribution is 6.36. The molecule has 0 spiro atoms. The Balaban J connectivity index is 1.90. The average molecular weight is 415 g/mol. The Hall–Kier alpha value is -0.930. The number of hydrogen-bond acceptors (Lipinski definition) is 2. The SMILES string of the molecule is CCCCCCCNCc1cc(Cl)ccc1OCc1c(Cl)cccc1Cl. The lowest BCUT2D eigenvalue weighted by atomic mass is 10.1. The molecule has 0 bridgehead atoms. The molecule has 1 N–H and O–H groups in total. The van der Waals surface area contributed by atoms with Gasteiger partial charge in [0.2, 0.25) is 0 Å². The van der Waals surface area contributed by atoms with Gasteiger partial charge in [-0.05, 0) is 43.3 Å². The van der Waals surface area contributed by atoms with E-state index in [4.69, 9.17) is 39.5 Å². The van der Waals surface area contributed by atoms with Gasteiger partial charge in [0, 0.05) is 32.7 Å². The molecule has 142 valence electrons. The molecule has 2 aromatic carbocycles. The first-order chi connectivity index (χ1) is 12.6. The van der Waals surface area contributed by atoms with Crippen molar-refractivity contribution in [1.29, 1.82) is 0 Å². The zero-order chi connectivity index (χ0) is 18.8. The molecule has 26 heavy (non-hydrogen) atoms. The van der Waals surface area contributed by atoms with E-state index in [-0.39, 0.29) is 0 Å². The summed E-state index contributed by atoms with van der Waals surface area (Å²) >= 11 is 18.6. The summed E-state index contributed by atoms with van der Waals surface area (Å²) in [6, 6.07) is 11.1. The minimum absolute atomic E-state index is 0.324. The van der Waals surface area contributed by atoms with Crippen molar-refractivity contribution in [1.82, 2.24) is 5.32 Å². The molecule has 2 aromatic rings. The summed E-state index contributed by atoms with van der Waals surface area (Å²) in [6.45, 7) is 4.27. The Morgan fingerprint density at radius 1 is 0.923 bits per heavy atom. The Labute approximate surface area is 171 Å². The summed E-state index contributed by atoms with van der Waals surface area (Å²) in [5.74, 6) is 0.795. The van der Waals surface area contributed by atoms with Crippen LogP contribution in [0.25, 0.3) is 0 Å². The molecule has 0 radical (unpaired) electrons. The zero-order valence-corrected chi connectivity index (χ0v) is 17.4. The van der Waals surface area contributed by atoms with Crippen LogP contribution in [-0.4, -0.2) is 6.54 Å². The van der Waals surface area contributed by atoms with Gasteiger partial charge in [0.15, 0.2) is 0 Å². The standard InChI is InChI=1S/C21H26Cl3NO/c1-2-3-4-5-6-12-25-14-16-13-17(22)10-11-21(16)26-15-18-19(23)8-7-9-20(18)24/h7-11,13,25H,2-6,12,14-15H2,1H3. The molecule has 5 heteroatoms. The fourth-order valence-corrected chi connectivity index (χ4v) is 3.42. The normalized spacial score (nSPS) is 10.9. The first-order valence-electron chi connectivity index (χ1n) is 9.16. The van der Waals surface area contributed by atoms with E-state index in [2.05, 4.69) is 12.2 Å². The largest absolute Gasteiger partial charge is 0.488 e. The number of halogens is 3. The number of unbranched alkanes of at least 4 members (excludes halogenated alkanes) is 4. The van der Waals surface area contributed by atoms with Gasteiger partial charge in [0.05, 0.1) is 0 Å². The van der Waals surface area contributed by atoms with Crippen LogP contribution in [0.15, 0.2) is 36.4 Å². The molecule has 2 rings (SSSR count). The summed E-state index contributed by atoms with van der Waals surface area (Å²) in [6.07, 6.45) is 6.35. The van der Waals surface area contributed by atoms with E-state index in [0.717, 1.165) is 30.0 Å². The molecule has 0 aliphatic heterocycles. The fraction of sp³-hybridized carbons (Fsp3) is 0.429. The van der Waals surface area contributed by atoms with Gasteiger partial charge in [-0.2, -0.15) is 0 Å². The lowest BCUT2D eigenvalue weighted by Gasteiger charge is -2.14. The minimum Gasteiger partial charge on any atom is -0.488 e. The summed E-state index contributed by atoms with van der Waals surface area (Å²) in [5.41, 5.74) is 1.83. The Bertz CT molecular complexity index is 671. The van der Waals surface area contributed by atoms with Gasteiger partial charge in [-0.1, -0.05) is 73.5 Å². The molecule has 0 aliphatic carbocycles. The highest BCUT2D eigenvalue weighted by atomic mass is 35.5. The van der Waals surface area contributed by atoms with Crippen molar-refractivity contribution in [2.75, 3.05) is 6.54 Å². The van der Waals surface area contributed by atoms with Crippen LogP contribution in [0.5, 0.6) is 5.75 Å². The third kappa shape index (κ3) is 7.00. The van der Waals surface area contributed by atoms with Crippen molar-refractivity contribution >= 4 is 34.8 Å². The first-order valence-corrected chi connectivity index (χ1v) is 10.3. The number of benzene rings is 2. The first kappa shape index (κ1) is 21.4. The van der Waals surface area contributed by atoms with Crippen LogP contribution in [-0.2, 0) is 13.2 Å². The van der Waals surface area contributed by atoms with Crippen molar-refractivity contribution in [3.63, 3.8) is 0 Å². The molecule has 0 aromatic heterocycles. The molecule has 0 saturated carbocycles. The van der Waals surface area contributed by atoms with Gasteiger partial charge in [0.1, 0.15) is 12.4 Å². The smallest absolute Gasteiger partial charge is 0.124 e. The summed E-state index contributed by atoms with van der Waals surface area (Å²) in [4.78, 5) is 0. The van der Waals surface area contributed by atoms with Crippen LogP contribution in [0.3, 0.4) is 0 Å². The number of ether oxygens (including phenoxy) is 1. The van der Waals surface area contributed by atoms with Crippen molar-refractivity contribution in [2.24, 2.45) is 0 Å². The Morgan fingerprint density at radius 2 is 1.65 bits per heavy atom. The molecule has 0 saturated heterocycles. The lowest BCUT2D eigenvalue weighted by Crippen LogP contribution is -2.15. The van der Waals surface area contributed by atoms with Gasteiger partial charge in [0.25, 0.3) is 0 Å². The maximum Gasteiger partial charge on any atom is 0.124 e. The summed E-state index contributed by atoms with van der Waals surface area (Å²) < 4.78 is 5.98. The van der Waals surface area contributed by atoms with E-state index in [0.29, 0.717) is 21.7 Å². The fourth-order valence-electron chi connectivity index (χ4n) is 2.72. The second kappa shape index (κ2) is 11.7. The van der Waals surface area contributed by atoms with Gasteiger partial charge >= 0.3 is 0 Å². The van der Waals surface area contributed by atoms with Crippen LogP contribution in [0, 0.1) is 0 Å². The topological polar surface area (TPSA) is 21.3 Å². The molecular weight excluding hydrogens is 389 g/mol. The third-order valence-electron chi connectivity index (χ3n) is 4.23. The second-order valence-corrected chi connectivity index (χ2v) is 7.58. The number of nitrogens with one attached hydrogen (secondary N) is 1. The molecule has 0 aliphatic rings. The molecular formula is C21H26Cl3NO. The molecule has 0 fully saturated rings. The molecule has 0 amide bonds. The van der Waals surface area contributed by atoms with E-state index >= 15 is 0 Å². The monoisotopic (exact) mass is 413 g/mol. The molecule has 0 heterocycles. The summed E-state index contributed by atoms with van der Waals surface area (Å²) in [7, 11) is 0. The van der Waals surface area contributed by atoms with Crippen molar-refractivity contribution in [3.8, 4) is 5.75 Å². The van der Waals surface area contributed by atoms with Crippen LogP contribution < -0.4 is 10.1 Å². The molecule has 2 nitrogen and oxygen atoms in total. The van der Waals surface area contributed by atoms with Crippen LogP contribution in [0.1, 0.15) is 50.2 Å². The number of rotatable bonds is 11. The van der Waals surface area contributed by atoms with Crippen molar-refractivity contribution in [3.05, 3.63) is 62.6 Å². The zero-order valence-electron chi connectivity index (χ0n) is 15.2. The average Bonchev–Trinajstić information content (AvgIpc) is 2.62. The van der Waals surface area contributed by atoms with E-state index in [1.54, 1.807) is 0 Å². The quantitative estimate of drug-likeness (QED) is 0.390. The predicted molar refractivity (Wildman–Crippen MR) is 113 cm³/mol.